The Bertz CT molecular complexity index is 712. The third-order valence-corrected chi connectivity index (χ3v) is 3.66. The molecule has 1 aliphatic heterocycles. The van der Waals surface area contributed by atoms with Gasteiger partial charge >= 0.3 is 0 Å². The molecular weight excluding hydrogens is 254 g/mol. The van der Waals surface area contributed by atoms with Crippen LogP contribution in [0.3, 0.4) is 0 Å². The molecule has 0 aromatic carbocycles. The van der Waals surface area contributed by atoms with Crippen LogP contribution in [0.1, 0.15) is 12.8 Å². The van der Waals surface area contributed by atoms with Crippen LogP contribution in [0.2, 0.25) is 0 Å². The normalized spacial score (nSPS) is 18.9. The first-order chi connectivity index (χ1) is 9.92. The summed E-state index contributed by atoms with van der Waals surface area (Å²) in [6.45, 7) is 1.62. The highest BCUT2D eigenvalue weighted by Gasteiger charge is 2.21. The van der Waals surface area contributed by atoms with E-state index in [2.05, 4.69) is 14.5 Å². The van der Waals surface area contributed by atoms with E-state index in [0.717, 1.165) is 48.7 Å². The zero-order valence-corrected chi connectivity index (χ0v) is 11.0. The van der Waals surface area contributed by atoms with Crippen LogP contribution >= 0.6 is 0 Å². The number of ether oxygens (including phenoxy) is 1. The summed E-state index contributed by atoms with van der Waals surface area (Å²) < 4.78 is 13.3. The summed E-state index contributed by atoms with van der Waals surface area (Å²) in [6, 6.07) is 7.67. The molecule has 5 heteroatoms. The van der Waals surface area contributed by atoms with Crippen LogP contribution in [-0.4, -0.2) is 27.2 Å². The minimum atomic E-state index is 0.239. The Morgan fingerprint density at radius 2 is 2.30 bits per heavy atom. The number of aromatic nitrogens is 3. The predicted octanol–water partition coefficient (Wildman–Crippen LogP) is 2.87. The van der Waals surface area contributed by atoms with Crippen molar-refractivity contribution in [3.05, 3.63) is 36.7 Å². The second-order valence-corrected chi connectivity index (χ2v) is 5.00. The molecule has 1 atom stereocenters. The van der Waals surface area contributed by atoms with Crippen LogP contribution in [0.25, 0.3) is 22.7 Å². The molecule has 1 aliphatic rings. The Morgan fingerprint density at radius 1 is 1.30 bits per heavy atom. The van der Waals surface area contributed by atoms with Gasteiger partial charge in [0.2, 0.25) is 0 Å². The highest BCUT2D eigenvalue weighted by molar-refractivity contribution is 5.75. The lowest BCUT2D eigenvalue weighted by Crippen LogP contribution is -2.16. The fourth-order valence-corrected chi connectivity index (χ4v) is 2.72. The van der Waals surface area contributed by atoms with E-state index >= 15 is 0 Å². The number of hydrogen-bond acceptors (Lipinski definition) is 4. The van der Waals surface area contributed by atoms with Gasteiger partial charge in [-0.3, -0.25) is 0 Å². The van der Waals surface area contributed by atoms with Gasteiger partial charge in [0, 0.05) is 12.8 Å². The summed E-state index contributed by atoms with van der Waals surface area (Å²) in [5.74, 6) is 1.58. The van der Waals surface area contributed by atoms with Gasteiger partial charge in [-0.05, 0) is 37.1 Å². The monoisotopic (exact) mass is 269 g/mol. The molecule has 0 aliphatic carbocycles. The number of rotatable bonds is 3. The number of pyridine rings is 1. The quantitative estimate of drug-likeness (QED) is 0.733. The Kier molecular flexibility index (Phi) is 2.77. The minimum Gasteiger partial charge on any atom is -0.461 e. The predicted molar refractivity (Wildman–Crippen MR) is 74.2 cm³/mol. The maximum absolute atomic E-state index is 5.74. The molecule has 4 heterocycles. The number of hydrogen-bond donors (Lipinski definition) is 0. The molecule has 0 spiro atoms. The van der Waals surface area contributed by atoms with Crippen LogP contribution in [-0.2, 0) is 11.3 Å². The molecule has 1 saturated heterocycles. The summed E-state index contributed by atoms with van der Waals surface area (Å²) >= 11 is 0. The van der Waals surface area contributed by atoms with Crippen LogP contribution in [0.5, 0.6) is 0 Å². The Labute approximate surface area is 116 Å². The van der Waals surface area contributed by atoms with Gasteiger partial charge in [0.1, 0.15) is 5.52 Å². The van der Waals surface area contributed by atoms with Crippen molar-refractivity contribution in [3.63, 3.8) is 0 Å². The number of fused-ring (bicyclic) bond motifs is 1. The second kappa shape index (κ2) is 4.76. The first-order valence-electron chi connectivity index (χ1n) is 6.88. The van der Waals surface area contributed by atoms with E-state index in [0.29, 0.717) is 0 Å². The fourth-order valence-electron chi connectivity index (χ4n) is 2.72. The van der Waals surface area contributed by atoms with E-state index < -0.39 is 0 Å². The number of nitrogens with zero attached hydrogens (tertiary/aromatic N) is 3. The van der Waals surface area contributed by atoms with Crippen molar-refractivity contribution in [2.75, 3.05) is 6.61 Å². The highest BCUT2D eigenvalue weighted by atomic mass is 16.5. The van der Waals surface area contributed by atoms with Crippen LogP contribution in [0, 0.1) is 0 Å². The van der Waals surface area contributed by atoms with Crippen molar-refractivity contribution in [3.8, 4) is 11.6 Å². The maximum atomic E-state index is 5.74. The van der Waals surface area contributed by atoms with Gasteiger partial charge in [0.05, 0.1) is 18.9 Å². The lowest BCUT2D eigenvalue weighted by Gasteiger charge is -2.12. The molecule has 0 N–H and O–H groups in total. The van der Waals surface area contributed by atoms with Crippen LogP contribution in [0.15, 0.2) is 41.1 Å². The van der Waals surface area contributed by atoms with Crippen molar-refractivity contribution < 1.29 is 9.15 Å². The van der Waals surface area contributed by atoms with E-state index in [9.17, 15) is 0 Å². The molecule has 1 unspecified atom stereocenters. The molecule has 0 amide bonds. The largest absolute Gasteiger partial charge is 0.461 e. The van der Waals surface area contributed by atoms with Gasteiger partial charge in [-0.2, -0.15) is 0 Å². The average molecular weight is 269 g/mol. The van der Waals surface area contributed by atoms with Gasteiger partial charge in [-0.15, -0.1) is 0 Å². The SMILES string of the molecule is c1coc(-c2nc3cccnc3n2CC2CCCO2)c1. The molecule has 1 fully saturated rings. The summed E-state index contributed by atoms with van der Waals surface area (Å²) in [4.78, 5) is 9.11. The summed E-state index contributed by atoms with van der Waals surface area (Å²) in [5, 5.41) is 0. The lowest BCUT2D eigenvalue weighted by molar-refractivity contribution is 0.0980. The molecular formula is C15H15N3O2. The third kappa shape index (κ3) is 1.91. The van der Waals surface area contributed by atoms with Gasteiger partial charge < -0.3 is 13.7 Å². The zero-order valence-electron chi connectivity index (χ0n) is 11.0. The number of imidazole rings is 1. The highest BCUT2D eigenvalue weighted by Crippen LogP contribution is 2.26. The molecule has 3 aromatic rings. The smallest absolute Gasteiger partial charge is 0.178 e. The lowest BCUT2D eigenvalue weighted by atomic mass is 10.2. The van der Waals surface area contributed by atoms with Crippen LogP contribution < -0.4 is 0 Å². The molecule has 5 nitrogen and oxygen atoms in total. The minimum absolute atomic E-state index is 0.239. The topological polar surface area (TPSA) is 53.1 Å². The van der Waals surface area contributed by atoms with Crippen molar-refractivity contribution >= 4 is 11.2 Å². The molecule has 3 aromatic heterocycles. The van der Waals surface area contributed by atoms with E-state index in [1.165, 1.54) is 0 Å². The van der Waals surface area contributed by atoms with E-state index in [-0.39, 0.29) is 6.10 Å². The van der Waals surface area contributed by atoms with Crippen molar-refractivity contribution in [1.29, 1.82) is 0 Å². The van der Waals surface area contributed by atoms with E-state index in [1.807, 2.05) is 24.3 Å². The van der Waals surface area contributed by atoms with Crippen LogP contribution in [0.4, 0.5) is 0 Å². The van der Waals surface area contributed by atoms with E-state index in [4.69, 9.17) is 9.15 Å². The average Bonchev–Trinajstić information content (AvgIpc) is 3.19. The summed E-state index contributed by atoms with van der Waals surface area (Å²) in [5.41, 5.74) is 1.77. The molecule has 102 valence electrons. The van der Waals surface area contributed by atoms with Gasteiger partial charge in [0.15, 0.2) is 17.2 Å². The van der Waals surface area contributed by atoms with Gasteiger partial charge in [0.25, 0.3) is 0 Å². The maximum Gasteiger partial charge on any atom is 0.178 e. The zero-order chi connectivity index (χ0) is 13.4. The Hall–Kier alpha value is -2.14. The molecule has 0 radical (unpaired) electrons. The Morgan fingerprint density at radius 3 is 3.10 bits per heavy atom. The van der Waals surface area contributed by atoms with Crippen molar-refractivity contribution in [2.45, 2.75) is 25.5 Å². The first-order valence-corrected chi connectivity index (χ1v) is 6.88. The molecule has 20 heavy (non-hydrogen) atoms. The standard InChI is InChI=1S/C15H15N3O2/c1-5-12-14(16-7-1)18(10-11-4-2-8-19-11)15(17-12)13-6-3-9-20-13/h1,3,5-7,9,11H,2,4,8,10H2. The first kappa shape index (κ1) is 11.7. The second-order valence-electron chi connectivity index (χ2n) is 5.00. The number of furan rings is 1. The summed E-state index contributed by atoms with van der Waals surface area (Å²) in [6.07, 6.45) is 5.91. The molecule has 4 rings (SSSR count). The van der Waals surface area contributed by atoms with E-state index in [1.54, 1.807) is 12.5 Å². The fraction of sp³-hybridized carbons (Fsp3) is 0.333. The van der Waals surface area contributed by atoms with Crippen molar-refractivity contribution in [1.82, 2.24) is 14.5 Å². The summed E-state index contributed by atoms with van der Waals surface area (Å²) in [7, 11) is 0. The third-order valence-electron chi connectivity index (χ3n) is 3.66. The Balaban J connectivity index is 1.84. The molecule has 0 saturated carbocycles. The molecule has 0 bridgehead atoms. The van der Waals surface area contributed by atoms with Gasteiger partial charge in [-0.25, -0.2) is 9.97 Å². The van der Waals surface area contributed by atoms with Gasteiger partial charge in [-0.1, -0.05) is 0 Å². The van der Waals surface area contributed by atoms with Crippen molar-refractivity contribution in [2.24, 2.45) is 0 Å².